The molecule has 1 saturated heterocycles. The molecule has 2 atom stereocenters. The molecule has 0 aromatic heterocycles. The van der Waals surface area contributed by atoms with Gasteiger partial charge in [-0.1, -0.05) is 30.3 Å². The van der Waals surface area contributed by atoms with E-state index in [0.717, 1.165) is 29.5 Å². The van der Waals surface area contributed by atoms with E-state index in [1.807, 2.05) is 30.3 Å². The first-order chi connectivity index (χ1) is 11.1. The Kier molecular flexibility index (Phi) is 4.47. The van der Waals surface area contributed by atoms with Crippen molar-refractivity contribution in [1.29, 1.82) is 0 Å². The standard InChI is InChI=1S/C17H19NO5/c19-15(16(20)17(21)22)13-5-6-14(18-7-9-23-10-8-18)12-4-2-1-3-11(12)13/h1-6,15-16,19-20H,7-10H2,(H,21,22)/t15-,16+/m0/s1. The second-order valence-corrected chi connectivity index (χ2v) is 5.55. The van der Waals surface area contributed by atoms with Crippen molar-refractivity contribution >= 4 is 22.4 Å². The highest BCUT2D eigenvalue weighted by molar-refractivity contribution is 5.97. The Balaban J connectivity index is 2.07. The van der Waals surface area contributed by atoms with Gasteiger partial charge in [0.15, 0.2) is 6.10 Å². The van der Waals surface area contributed by atoms with Crippen LogP contribution in [-0.4, -0.2) is 53.7 Å². The van der Waals surface area contributed by atoms with Gasteiger partial charge in [0.25, 0.3) is 0 Å². The van der Waals surface area contributed by atoms with Crippen LogP contribution >= 0.6 is 0 Å². The molecule has 2 aromatic carbocycles. The van der Waals surface area contributed by atoms with Crippen molar-refractivity contribution in [2.75, 3.05) is 31.2 Å². The van der Waals surface area contributed by atoms with E-state index in [1.165, 1.54) is 0 Å². The molecule has 0 radical (unpaired) electrons. The van der Waals surface area contributed by atoms with Gasteiger partial charge in [-0.05, 0) is 17.0 Å². The molecule has 1 aliphatic rings. The van der Waals surface area contributed by atoms with E-state index in [9.17, 15) is 15.0 Å². The number of aliphatic carboxylic acids is 1. The Morgan fingerprint density at radius 2 is 1.70 bits per heavy atom. The Hall–Kier alpha value is -2.15. The summed E-state index contributed by atoms with van der Waals surface area (Å²) in [6.07, 6.45) is -3.33. The summed E-state index contributed by atoms with van der Waals surface area (Å²) in [4.78, 5) is 13.1. The summed E-state index contributed by atoms with van der Waals surface area (Å²) in [6, 6.07) is 11.0. The minimum absolute atomic E-state index is 0.410. The molecule has 6 nitrogen and oxygen atoms in total. The molecule has 0 spiro atoms. The van der Waals surface area contributed by atoms with Crippen LogP contribution in [0.4, 0.5) is 5.69 Å². The predicted molar refractivity (Wildman–Crippen MR) is 85.6 cm³/mol. The van der Waals surface area contributed by atoms with Crippen LogP contribution in [0.3, 0.4) is 0 Å². The van der Waals surface area contributed by atoms with E-state index in [-0.39, 0.29) is 0 Å². The largest absolute Gasteiger partial charge is 0.479 e. The van der Waals surface area contributed by atoms with Gasteiger partial charge in [-0.15, -0.1) is 0 Å². The van der Waals surface area contributed by atoms with E-state index in [1.54, 1.807) is 6.07 Å². The van der Waals surface area contributed by atoms with Gasteiger partial charge in [0.1, 0.15) is 6.10 Å². The molecule has 1 aliphatic heterocycles. The third-order valence-corrected chi connectivity index (χ3v) is 4.16. The quantitative estimate of drug-likeness (QED) is 0.784. The lowest BCUT2D eigenvalue weighted by molar-refractivity contribution is -0.153. The van der Waals surface area contributed by atoms with Crippen LogP contribution in [0, 0.1) is 0 Å². The fraction of sp³-hybridized carbons (Fsp3) is 0.353. The van der Waals surface area contributed by atoms with Crippen LogP contribution < -0.4 is 4.90 Å². The highest BCUT2D eigenvalue weighted by atomic mass is 16.5. The summed E-state index contributed by atoms with van der Waals surface area (Å²) >= 11 is 0. The zero-order valence-corrected chi connectivity index (χ0v) is 12.6. The molecule has 0 aliphatic carbocycles. The van der Waals surface area contributed by atoms with Crippen LogP contribution in [0.1, 0.15) is 11.7 Å². The third kappa shape index (κ3) is 3.01. The fourth-order valence-corrected chi connectivity index (χ4v) is 2.95. The summed E-state index contributed by atoms with van der Waals surface area (Å²) < 4.78 is 5.37. The molecule has 6 heteroatoms. The first-order valence-electron chi connectivity index (χ1n) is 7.53. The molecule has 3 rings (SSSR count). The average molecular weight is 317 g/mol. The molecule has 3 N–H and O–H groups in total. The number of ether oxygens (including phenoxy) is 1. The van der Waals surface area contributed by atoms with E-state index < -0.39 is 18.2 Å². The number of benzene rings is 2. The summed E-state index contributed by atoms with van der Waals surface area (Å²) in [7, 11) is 0. The van der Waals surface area contributed by atoms with Gasteiger partial charge in [0.05, 0.1) is 13.2 Å². The minimum atomic E-state index is -1.85. The first-order valence-corrected chi connectivity index (χ1v) is 7.53. The van der Waals surface area contributed by atoms with Gasteiger partial charge in [-0.3, -0.25) is 0 Å². The molecule has 1 heterocycles. The monoisotopic (exact) mass is 317 g/mol. The van der Waals surface area contributed by atoms with Gasteiger partial charge in [-0.25, -0.2) is 4.79 Å². The number of anilines is 1. The Morgan fingerprint density at radius 1 is 1.04 bits per heavy atom. The number of nitrogens with zero attached hydrogens (tertiary/aromatic N) is 1. The number of aliphatic hydroxyl groups excluding tert-OH is 2. The number of fused-ring (bicyclic) bond motifs is 1. The van der Waals surface area contributed by atoms with Gasteiger partial charge >= 0.3 is 5.97 Å². The van der Waals surface area contributed by atoms with Crippen molar-refractivity contribution < 1.29 is 24.9 Å². The Morgan fingerprint density at radius 3 is 2.35 bits per heavy atom. The number of hydrogen-bond acceptors (Lipinski definition) is 5. The zero-order chi connectivity index (χ0) is 16.4. The van der Waals surface area contributed by atoms with Crippen LogP contribution in [0.15, 0.2) is 36.4 Å². The van der Waals surface area contributed by atoms with Crippen LogP contribution in [0.5, 0.6) is 0 Å². The summed E-state index contributed by atoms with van der Waals surface area (Å²) in [6.45, 7) is 2.89. The smallest absolute Gasteiger partial charge is 0.335 e. The molecule has 2 aromatic rings. The topological polar surface area (TPSA) is 90.2 Å². The van der Waals surface area contributed by atoms with Crippen molar-refractivity contribution in [1.82, 2.24) is 0 Å². The second kappa shape index (κ2) is 6.54. The number of hydrogen-bond donors (Lipinski definition) is 3. The molecular weight excluding hydrogens is 298 g/mol. The number of carbonyl (C=O) groups is 1. The average Bonchev–Trinajstić information content (AvgIpc) is 2.60. The lowest BCUT2D eigenvalue weighted by atomic mass is 9.96. The van der Waals surface area contributed by atoms with Crippen LogP contribution in [0.25, 0.3) is 10.8 Å². The van der Waals surface area contributed by atoms with E-state index in [0.29, 0.717) is 18.8 Å². The Bertz CT molecular complexity index is 711. The van der Waals surface area contributed by atoms with Gasteiger partial charge in [0.2, 0.25) is 0 Å². The number of carboxylic acid groups (broad SMARTS) is 1. The minimum Gasteiger partial charge on any atom is -0.479 e. The van der Waals surface area contributed by atoms with Crippen LogP contribution in [0.2, 0.25) is 0 Å². The van der Waals surface area contributed by atoms with Crippen LogP contribution in [-0.2, 0) is 9.53 Å². The van der Waals surface area contributed by atoms with E-state index in [2.05, 4.69) is 4.90 Å². The maximum absolute atomic E-state index is 10.9. The Labute approximate surface area is 133 Å². The van der Waals surface area contributed by atoms with Gasteiger partial charge < -0.3 is 25.0 Å². The lowest BCUT2D eigenvalue weighted by Gasteiger charge is -2.30. The first kappa shape index (κ1) is 15.7. The summed E-state index contributed by atoms with van der Waals surface area (Å²) in [5.74, 6) is -1.45. The van der Waals surface area contributed by atoms with Gasteiger partial charge in [0, 0.05) is 24.2 Å². The SMILES string of the molecule is O=C(O)[C@H](O)[C@@H](O)c1ccc(N2CCOCC2)c2ccccc12. The highest BCUT2D eigenvalue weighted by Gasteiger charge is 2.27. The lowest BCUT2D eigenvalue weighted by Crippen LogP contribution is -2.36. The molecule has 0 amide bonds. The summed E-state index contributed by atoms with van der Waals surface area (Å²) in [5, 5.41) is 30.4. The van der Waals surface area contributed by atoms with Crippen molar-refractivity contribution in [3.63, 3.8) is 0 Å². The van der Waals surface area contributed by atoms with E-state index in [4.69, 9.17) is 9.84 Å². The normalized spacial score (nSPS) is 17.9. The number of aliphatic hydroxyl groups is 2. The fourth-order valence-electron chi connectivity index (χ4n) is 2.95. The molecule has 0 bridgehead atoms. The summed E-state index contributed by atoms with van der Waals surface area (Å²) in [5.41, 5.74) is 1.43. The van der Waals surface area contributed by atoms with Crippen molar-refractivity contribution in [2.45, 2.75) is 12.2 Å². The highest BCUT2D eigenvalue weighted by Crippen LogP contribution is 2.33. The molecule has 1 fully saturated rings. The molecule has 0 unspecified atom stereocenters. The van der Waals surface area contributed by atoms with E-state index >= 15 is 0 Å². The molecule has 0 saturated carbocycles. The molecule has 23 heavy (non-hydrogen) atoms. The number of rotatable bonds is 4. The second-order valence-electron chi connectivity index (χ2n) is 5.55. The number of carboxylic acids is 1. The molecule has 122 valence electrons. The molecular formula is C17H19NO5. The number of morpholine rings is 1. The maximum Gasteiger partial charge on any atom is 0.335 e. The third-order valence-electron chi connectivity index (χ3n) is 4.16. The maximum atomic E-state index is 10.9. The van der Waals surface area contributed by atoms with Crippen molar-refractivity contribution in [3.05, 3.63) is 42.0 Å². The van der Waals surface area contributed by atoms with Gasteiger partial charge in [-0.2, -0.15) is 0 Å². The predicted octanol–water partition coefficient (Wildman–Crippen LogP) is 1.16. The van der Waals surface area contributed by atoms with Crippen molar-refractivity contribution in [2.24, 2.45) is 0 Å². The zero-order valence-electron chi connectivity index (χ0n) is 12.6. The van der Waals surface area contributed by atoms with Crippen molar-refractivity contribution in [3.8, 4) is 0 Å².